The van der Waals surface area contributed by atoms with Crippen molar-refractivity contribution < 1.29 is 13.2 Å². The maximum atomic E-state index is 11.3. The Kier molecular flexibility index (Phi) is 3.77. The van der Waals surface area contributed by atoms with Crippen LogP contribution in [0.15, 0.2) is 12.2 Å². The molecule has 0 unspecified atom stereocenters. The van der Waals surface area contributed by atoms with Crippen LogP contribution in [0, 0.1) is 6.26 Å². The highest BCUT2D eigenvalue weighted by Crippen LogP contribution is 2.16. The zero-order valence-electron chi connectivity index (χ0n) is 4.61. The molecule has 0 saturated carbocycles. The van der Waals surface area contributed by atoms with Crippen molar-refractivity contribution in [1.82, 2.24) is 0 Å². The third-order valence-electron chi connectivity index (χ3n) is 0.521. The van der Waals surface area contributed by atoms with E-state index in [2.05, 4.69) is 6.26 Å². The van der Waals surface area contributed by atoms with Gasteiger partial charge in [-0.2, -0.15) is 24.9 Å². The number of thioether (sulfide) groups is 1. The van der Waals surface area contributed by atoms with E-state index in [1.165, 1.54) is 0 Å². The molecule has 1 radical (unpaired) electrons. The number of hydrogen-bond acceptors (Lipinski definition) is 1. The minimum Gasteiger partial charge on any atom is -0.167 e. The summed E-state index contributed by atoms with van der Waals surface area (Å²) in [6.07, 6.45) is 0.385. The van der Waals surface area contributed by atoms with Crippen LogP contribution in [-0.4, -0.2) is 11.9 Å². The molecule has 0 saturated heterocycles. The van der Waals surface area contributed by atoms with Gasteiger partial charge in [-0.15, -0.1) is 0 Å². The van der Waals surface area contributed by atoms with Gasteiger partial charge in [0.15, 0.2) is 0 Å². The van der Waals surface area contributed by atoms with Crippen LogP contribution in [0.2, 0.25) is 0 Å². The highest BCUT2D eigenvalue weighted by molar-refractivity contribution is 8.00. The Morgan fingerprint density at radius 1 is 1.44 bits per heavy atom. The monoisotopic (exact) mass is 155 g/mol. The molecule has 0 heterocycles. The van der Waals surface area contributed by atoms with Crippen molar-refractivity contribution in [2.45, 2.75) is 6.18 Å². The smallest absolute Gasteiger partial charge is 0.167 e. The summed E-state index contributed by atoms with van der Waals surface area (Å²) in [4.78, 5) is 0. The number of hydrogen-bond donors (Lipinski definition) is 0. The fourth-order valence-electron chi connectivity index (χ4n) is 0.250. The maximum absolute atomic E-state index is 11.3. The van der Waals surface area contributed by atoms with E-state index in [0.29, 0.717) is 5.75 Å². The van der Waals surface area contributed by atoms with Gasteiger partial charge in [0.1, 0.15) is 0 Å². The van der Waals surface area contributed by atoms with Crippen LogP contribution < -0.4 is 0 Å². The Bertz CT molecular complexity index is 94.9. The lowest BCUT2D eigenvalue weighted by Crippen LogP contribution is -2.00. The quantitative estimate of drug-likeness (QED) is 0.552. The molecule has 0 rings (SSSR count). The second kappa shape index (κ2) is 3.82. The zero-order valence-corrected chi connectivity index (χ0v) is 5.43. The molecule has 0 amide bonds. The molecule has 0 atom stereocenters. The lowest BCUT2D eigenvalue weighted by atomic mass is 10.5. The number of alkyl halides is 3. The Morgan fingerprint density at radius 3 is 2.33 bits per heavy atom. The highest BCUT2D eigenvalue weighted by atomic mass is 32.2. The first-order valence-electron chi connectivity index (χ1n) is 2.17. The van der Waals surface area contributed by atoms with Crippen LogP contribution >= 0.6 is 11.8 Å². The summed E-state index contributed by atoms with van der Waals surface area (Å²) in [5.41, 5.74) is 0. The molecule has 0 nitrogen and oxygen atoms in total. The summed E-state index contributed by atoms with van der Waals surface area (Å²) in [5.74, 6) is 0.305. The summed E-state index contributed by atoms with van der Waals surface area (Å²) < 4.78 is 33.8. The van der Waals surface area contributed by atoms with Crippen LogP contribution in [0.3, 0.4) is 0 Å². The minimum absolute atomic E-state index is 0.213. The van der Waals surface area contributed by atoms with E-state index in [1.807, 2.05) is 0 Å². The molecule has 9 heavy (non-hydrogen) atoms. The summed E-state index contributed by atoms with van der Waals surface area (Å²) in [7, 11) is 0. The molecule has 0 aliphatic heterocycles. The predicted octanol–water partition coefficient (Wildman–Crippen LogP) is 2.63. The van der Waals surface area contributed by atoms with E-state index in [4.69, 9.17) is 0 Å². The molecular formula is C5H6F3S. The maximum Gasteiger partial charge on any atom is 0.409 e. The molecule has 53 valence electrons. The molecule has 0 bridgehead atoms. The third-order valence-corrected chi connectivity index (χ3v) is 0.949. The molecule has 0 aromatic rings. The summed E-state index contributed by atoms with van der Waals surface area (Å²) in [6.45, 7) is 0. The van der Waals surface area contributed by atoms with Crippen molar-refractivity contribution >= 4 is 11.8 Å². The van der Waals surface area contributed by atoms with Crippen LogP contribution in [0.25, 0.3) is 0 Å². The first-order chi connectivity index (χ1) is 4.06. The molecule has 0 aromatic heterocycles. The van der Waals surface area contributed by atoms with E-state index >= 15 is 0 Å². The number of halogens is 3. The van der Waals surface area contributed by atoms with Gasteiger partial charge in [-0.25, -0.2) is 0 Å². The third kappa shape index (κ3) is 7.88. The van der Waals surface area contributed by atoms with E-state index in [0.717, 1.165) is 17.8 Å². The summed E-state index contributed by atoms with van der Waals surface area (Å²) >= 11 is 1.11. The Balaban J connectivity index is 3.45. The molecule has 0 aromatic carbocycles. The van der Waals surface area contributed by atoms with E-state index in [1.54, 1.807) is 0 Å². The standard InChI is InChI=1S/C5H6F3S/c1-9-4-2-3-5(6,7)8/h2-3H,1,4H2/b3-2+. The van der Waals surface area contributed by atoms with Gasteiger partial charge in [-0.1, -0.05) is 6.08 Å². The van der Waals surface area contributed by atoms with Crippen LogP contribution in [0.4, 0.5) is 13.2 Å². The largest absolute Gasteiger partial charge is 0.409 e. The first-order valence-corrected chi connectivity index (χ1v) is 3.33. The molecule has 0 fully saturated rings. The normalized spacial score (nSPS) is 12.9. The molecular weight excluding hydrogens is 149 g/mol. The number of allylic oxidation sites excluding steroid dienone is 1. The van der Waals surface area contributed by atoms with Gasteiger partial charge < -0.3 is 0 Å². The lowest BCUT2D eigenvalue weighted by molar-refractivity contribution is -0.0799. The molecule has 0 aliphatic rings. The molecule has 0 aliphatic carbocycles. The highest BCUT2D eigenvalue weighted by Gasteiger charge is 2.21. The predicted molar refractivity (Wildman–Crippen MR) is 33.0 cm³/mol. The number of rotatable bonds is 2. The topological polar surface area (TPSA) is 0 Å². The Morgan fingerprint density at radius 2 is 2.00 bits per heavy atom. The average Bonchev–Trinajstić information content (AvgIpc) is 1.63. The zero-order chi connectivity index (χ0) is 7.33. The summed E-state index contributed by atoms with van der Waals surface area (Å²) in [5, 5.41) is 0. The average molecular weight is 155 g/mol. The minimum atomic E-state index is -4.17. The fraction of sp³-hybridized carbons (Fsp3) is 0.400. The van der Waals surface area contributed by atoms with Gasteiger partial charge in [-0.05, 0) is 0 Å². The fourth-order valence-corrected chi connectivity index (χ4v) is 0.482. The van der Waals surface area contributed by atoms with Crippen LogP contribution in [0.5, 0.6) is 0 Å². The van der Waals surface area contributed by atoms with Crippen molar-refractivity contribution in [3.63, 3.8) is 0 Å². The summed E-state index contributed by atoms with van der Waals surface area (Å²) in [6, 6.07) is 0. The van der Waals surface area contributed by atoms with Gasteiger partial charge in [0.25, 0.3) is 0 Å². The van der Waals surface area contributed by atoms with Crippen molar-refractivity contribution in [2.75, 3.05) is 5.75 Å². The SMILES string of the molecule is [CH2]SC/C=C/C(F)(F)F. The van der Waals surface area contributed by atoms with Crippen molar-refractivity contribution in [3.8, 4) is 0 Å². The Hall–Kier alpha value is -0.120. The molecule has 4 heteroatoms. The van der Waals surface area contributed by atoms with Gasteiger partial charge in [-0.3, -0.25) is 0 Å². The van der Waals surface area contributed by atoms with Gasteiger partial charge in [0.05, 0.1) is 0 Å². The second-order valence-corrected chi connectivity index (χ2v) is 2.06. The molecule has 0 N–H and O–H groups in total. The van der Waals surface area contributed by atoms with Crippen molar-refractivity contribution in [2.24, 2.45) is 0 Å². The lowest BCUT2D eigenvalue weighted by Gasteiger charge is -1.95. The van der Waals surface area contributed by atoms with Crippen molar-refractivity contribution in [3.05, 3.63) is 18.4 Å². The first kappa shape index (κ1) is 8.88. The Labute approximate surface area is 56.1 Å². The molecule has 0 spiro atoms. The van der Waals surface area contributed by atoms with Gasteiger partial charge in [0.2, 0.25) is 0 Å². The van der Waals surface area contributed by atoms with Gasteiger partial charge >= 0.3 is 6.18 Å². The van der Waals surface area contributed by atoms with E-state index in [-0.39, 0.29) is 6.08 Å². The van der Waals surface area contributed by atoms with Gasteiger partial charge in [0, 0.05) is 18.1 Å². The van der Waals surface area contributed by atoms with E-state index in [9.17, 15) is 13.2 Å². The van der Waals surface area contributed by atoms with Crippen LogP contribution in [-0.2, 0) is 0 Å². The van der Waals surface area contributed by atoms with E-state index < -0.39 is 6.18 Å². The van der Waals surface area contributed by atoms with Crippen LogP contribution in [0.1, 0.15) is 0 Å². The van der Waals surface area contributed by atoms with Crippen molar-refractivity contribution in [1.29, 1.82) is 0 Å². The second-order valence-electron chi connectivity index (χ2n) is 1.31.